The lowest BCUT2D eigenvalue weighted by molar-refractivity contribution is -0.138. The standard InChI is InChI=1S/C12H10FN3O2/c13-9-4-2-1-3-8(9)10-5-6-11(14)16(15-10)7-12(17)18/h1-6,14H,7H2,(H,17,18). The van der Waals surface area contributed by atoms with E-state index in [2.05, 4.69) is 5.10 Å². The Morgan fingerprint density at radius 2 is 2.06 bits per heavy atom. The van der Waals surface area contributed by atoms with Gasteiger partial charge in [0.1, 0.15) is 17.8 Å². The molecule has 0 saturated heterocycles. The van der Waals surface area contributed by atoms with Crippen LogP contribution in [0.1, 0.15) is 0 Å². The molecule has 6 heteroatoms. The number of carboxylic acid groups (broad SMARTS) is 1. The second kappa shape index (κ2) is 4.79. The molecule has 18 heavy (non-hydrogen) atoms. The minimum atomic E-state index is -1.10. The van der Waals surface area contributed by atoms with Crippen molar-refractivity contribution in [2.45, 2.75) is 6.54 Å². The summed E-state index contributed by atoms with van der Waals surface area (Å²) in [6.45, 7) is -0.429. The van der Waals surface area contributed by atoms with Crippen molar-refractivity contribution in [3.63, 3.8) is 0 Å². The number of nitrogens with one attached hydrogen (secondary N) is 1. The highest BCUT2D eigenvalue weighted by atomic mass is 19.1. The molecule has 1 heterocycles. The number of aromatic nitrogens is 2. The molecule has 0 atom stereocenters. The van der Waals surface area contributed by atoms with Gasteiger partial charge in [-0.1, -0.05) is 12.1 Å². The summed E-state index contributed by atoms with van der Waals surface area (Å²) in [6, 6.07) is 8.94. The van der Waals surface area contributed by atoms with Gasteiger partial charge in [-0.25, -0.2) is 9.07 Å². The van der Waals surface area contributed by atoms with Crippen LogP contribution in [0, 0.1) is 11.2 Å². The molecule has 92 valence electrons. The average Bonchev–Trinajstić information content (AvgIpc) is 2.32. The number of nitrogens with zero attached hydrogens (tertiary/aromatic N) is 2. The quantitative estimate of drug-likeness (QED) is 0.856. The van der Waals surface area contributed by atoms with E-state index in [1.165, 1.54) is 18.2 Å². The van der Waals surface area contributed by atoms with Crippen molar-refractivity contribution in [1.29, 1.82) is 5.41 Å². The van der Waals surface area contributed by atoms with E-state index in [-0.39, 0.29) is 11.1 Å². The van der Waals surface area contributed by atoms with E-state index in [0.717, 1.165) is 4.68 Å². The summed E-state index contributed by atoms with van der Waals surface area (Å²) in [5.41, 5.74) is 0.527. The minimum Gasteiger partial charge on any atom is -0.480 e. The largest absolute Gasteiger partial charge is 0.480 e. The van der Waals surface area contributed by atoms with Gasteiger partial charge in [-0.3, -0.25) is 10.2 Å². The SMILES string of the molecule is N=c1ccc(-c2ccccc2F)nn1CC(=O)O. The molecule has 1 aromatic heterocycles. The molecule has 5 nitrogen and oxygen atoms in total. The first-order chi connectivity index (χ1) is 8.58. The van der Waals surface area contributed by atoms with Crippen molar-refractivity contribution in [1.82, 2.24) is 9.78 Å². The number of benzene rings is 1. The molecule has 0 aliphatic heterocycles. The van der Waals surface area contributed by atoms with Gasteiger partial charge in [0.15, 0.2) is 0 Å². The Morgan fingerprint density at radius 3 is 2.72 bits per heavy atom. The van der Waals surface area contributed by atoms with Crippen LogP contribution in [0.5, 0.6) is 0 Å². The normalized spacial score (nSPS) is 10.3. The molecule has 0 unspecified atom stereocenters. The summed E-state index contributed by atoms with van der Waals surface area (Å²) in [4.78, 5) is 10.6. The van der Waals surface area contributed by atoms with Gasteiger partial charge in [0, 0.05) is 5.56 Å². The van der Waals surface area contributed by atoms with Crippen LogP contribution in [0.3, 0.4) is 0 Å². The zero-order valence-corrected chi connectivity index (χ0v) is 9.30. The maximum Gasteiger partial charge on any atom is 0.325 e. The third-order valence-electron chi connectivity index (χ3n) is 2.34. The monoisotopic (exact) mass is 247 g/mol. The average molecular weight is 247 g/mol. The molecule has 0 aliphatic rings. The summed E-state index contributed by atoms with van der Waals surface area (Å²) >= 11 is 0. The summed E-state index contributed by atoms with van der Waals surface area (Å²) in [5.74, 6) is -1.55. The van der Waals surface area contributed by atoms with E-state index >= 15 is 0 Å². The molecule has 0 spiro atoms. The van der Waals surface area contributed by atoms with Gasteiger partial charge in [0.25, 0.3) is 0 Å². The van der Waals surface area contributed by atoms with Gasteiger partial charge >= 0.3 is 5.97 Å². The number of hydrogen-bond acceptors (Lipinski definition) is 3. The van der Waals surface area contributed by atoms with Gasteiger partial charge in [-0.15, -0.1) is 0 Å². The number of rotatable bonds is 3. The molecule has 0 amide bonds. The molecule has 2 rings (SSSR count). The van der Waals surface area contributed by atoms with Gasteiger partial charge in [0.05, 0.1) is 5.69 Å². The van der Waals surface area contributed by atoms with Crippen LogP contribution in [0.15, 0.2) is 36.4 Å². The van der Waals surface area contributed by atoms with Crippen molar-refractivity contribution >= 4 is 5.97 Å². The second-order valence-electron chi connectivity index (χ2n) is 3.64. The van der Waals surface area contributed by atoms with Crippen molar-refractivity contribution in [2.24, 2.45) is 0 Å². The van der Waals surface area contributed by atoms with Crippen molar-refractivity contribution in [2.75, 3.05) is 0 Å². The fraction of sp³-hybridized carbons (Fsp3) is 0.0833. The summed E-state index contributed by atoms with van der Waals surface area (Å²) in [7, 11) is 0. The third kappa shape index (κ3) is 2.42. The van der Waals surface area contributed by atoms with Crippen LogP contribution in [0.4, 0.5) is 4.39 Å². The van der Waals surface area contributed by atoms with Crippen molar-refractivity contribution in [3.8, 4) is 11.3 Å². The van der Waals surface area contributed by atoms with Crippen LogP contribution in [0.25, 0.3) is 11.3 Å². The van der Waals surface area contributed by atoms with Gasteiger partial charge in [-0.05, 0) is 24.3 Å². The summed E-state index contributed by atoms with van der Waals surface area (Å²) in [5, 5.41) is 20.2. The van der Waals surface area contributed by atoms with Crippen LogP contribution in [-0.2, 0) is 11.3 Å². The van der Waals surface area contributed by atoms with Crippen molar-refractivity contribution < 1.29 is 14.3 Å². The highest BCUT2D eigenvalue weighted by Crippen LogP contribution is 2.18. The molecule has 0 saturated carbocycles. The Labute approximate surface area is 102 Å². The lowest BCUT2D eigenvalue weighted by Gasteiger charge is -2.06. The summed E-state index contributed by atoms with van der Waals surface area (Å²) in [6.07, 6.45) is 0. The number of halogens is 1. The Hall–Kier alpha value is -2.50. The zero-order valence-electron chi connectivity index (χ0n) is 9.30. The van der Waals surface area contributed by atoms with Gasteiger partial charge < -0.3 is 5.11 Å². The molecule has 0 bridgehead atoms. The molecule has 2 aromatic rings. The number of aliphatic carboxylic acids is 1. The van der Waals surface area contributed by atoms with Gasteiger partial charge in [-0.2, -0.15) is 5.10 Å². The lowest BCUT2D eigenvalue weighted by Crippen LogP contribution is -2.26. The predicted molar refractivity (Wildman–Crippen MR) is 61.1 cm³/mol. The highest BCUT2D eigenvalue weighted by molar-refractivity contribution is 5.66. The third-order valence-corrected chi connectivity index (χ3v) is 2.34. The van der Waals surface area contributed by atoms with Crippen LogP contribution in [0.2, 0.25) is 0 Å². The Morgan fingerprint density at radius 1 is 1.33 bits per heavy atom. The fourth-order valence-electron chi connectivity index (χ4n) is 1.52. The molecule has 1 aromatic carbocycles. The molecule has 0 radical (unpaired) electrons. The zero-order chi connectivity index (χ0) is 13.1. The van der Waals surface area contributed by atoms with Crippen molar-refractivity contribution in [3.05, 3.63) is 47.7 Å². The Kier molecular flexibility index (Phi) is 3.18. The Bertz CT molecular complexity index is 652. The second-order valence-corrected chi connectivity index (χ2v) is 3.64. The number of carbonyl (C=O) groups is 1. The van der Waals surface area contributed by atoms with Crippen LogP contribution in [-0.4, -0.2) is 20.9 Å². The maximum atomic E-state index is 13.6. The fourth-order valence-corrected chi connectivity index (χ4v) is 1.52. The smallest absolute Gasteiger partial charge is 0.325 e. The van der Waals surface area contributed by atoms with Crippen LogP contribution >= 0.6 is 0 Å². The van der Waals surface area contributed by atoms with E-state index in [1.807, 2.05) is 0 Å². The molecular formula is C12H10FN3O2. The Balaban J connectivity index is 2.51. The van der Waals surface area contributed by atoms with E-state index in [9.17, 15) is 9.18 Å². The number of hydrogen-bond donors (Lipinski definition) is 2. The van der Waals surface area contributed by atoms with E-state index < -0.39 is 18.3 Å². The molecular weight excluding hydrogens is 237 g/mol. The predicted octanol–water partition coefficient (Wildman–Crippen LogP) is 1.25. The first-order valence-corrected chi connectivity index (χ1v) is 5.17. The number of carboxylic acids is 1. The van der Waals surface area contributed by atoms with Crippen LogP contribution < -0.4 is 5.49 Å². The first kappa shape index (κ1) is 12.0. The topological polar surface area (TPSA) is 79.0 Å². The minimum absolute atomic E-state index is 0.0440. The van der Waals surface area contributed by atoms with E-state index in [1.54, 1.807) is 18.2 Å². The lowest BCUT2D eigenvalue weighted by atomic mass is 10.1. The molecule has 0 aliphatic carbocycles. The molecule has 0 fully saturated rings. The summed E-state index contributed by atoms with van der Waals surface area (Å²) < 4.78 is 14.6. The maximum absolute atomic E-state index is 13.6. The highest BCUT2D eigenvalue weighted by Gasteiger charge is 2.08. The van der Waals surface area contributed by atoms with E-state index in [4.69, 9.17) is 10.5 Å². The van der Waals surface area contributed by atoms with E-state index in [0.29, 0.717) is 5.69 Å². The van der Waals surface area contributed by atoms with Gasteiger partial charge in [0.2, 0.25) is 0 Å². The first-order valence-electron chi connectivity index (χ1n) is 5.17. The molecule has 2 N–H and O–H groups in total.